The van der Waals surface area contributed by atoms with E-state index in [-0.39, 0.29) is 23.3 Å². The summed E-state index contributed by atoms with van der Waals surface area (Å²) in [6.45, 7) is 0.173. The molecule has 4 aromatic rings. The maximum absolute atomic E-state index is 13.1. The normalized spacial score (nSPS) is 11.9. The van der Waals surface area contributed by atoms with Crippen LogP contribution in [0.4, 0.5) is 5.95 Å². The molecule has 0 saturated carbocycles. The third-order valence-electron chi connectivity index (χ3n) is 5.32. The van der Waals surface area contributed by atoms with Gasteiger partial charge in [0.1, 0.15) is 17.0 Å². The molecule has 11 nitrogen and oxygen atoms in total. The largest absolute Gasteiger partial charge is 0.404 e. The zero-order valence-electron chi connectivity index (χ0n) is 19.0. The van der Waals surface area contributed by atoms with Crippen LogP contribution in [0.15, 0.2) is 70.7 Å². The second-order valence-electron chi connectivity index (χ2n) is 7.56. The molecule has 0 unspecified atom stereocenters. The lowest BCUT2D eigenvalue weighted by molar-refractivity contribution is 0.578. The Morgan fingerprint density at radius 3 is 2.66 bits per heavy atom. The highest BCUT2D eigenvalue weighted by Crippen LogP contribution is 2.17. The van der Waals surface area contributed by atoms with Gasteiger partial charge in [0.25, 0.3) is 0 Å². The highest BCUT2D eigenvalue weighted by molar-refractivity contribution is 6.30. The van der Waals surface area contributed by atoms with Crippen LogP contribution in [-0.2, 0) is 13.6 Å². The van der Waals surface area contributed by atoms with E-state index in [2.05, 4.69) is 20.3 Å². The average Bonchev–Trinajstić information content (AvgIpc) is 2.85. The standard InChI is InChI=1S/C23H23ClN10O/c1-28-19(7-9-25)31-22-29-10-8-17(30-22)15-11-18(26)34-20(12-15)32(2)23(35)33(21(34)27)13-14-3-5-16(24)6-4-14/h3-12,26-27H,13,25H2,1-2H3,(H,28,29,30,31). The summed E-state index contributed by atoms with van der Waals surface area (Å²) in [6, 6.07) is 12.1. The predicted octanol–water partition coefficient (Wildman–Crippen LogP) is 1.47. The van der Waals surface area contributed by atoms with E-state index in [1.807, 2.05) is 0 Å². The molecular formula is C23H23ClN10O. The number of nitrogens with two attached hydrogens (primary N) is 1. The Hall–Kier alpha value is -4.51. The first kappa shape index (κ1) is 23.6. The van der Waals surface area contributed by atoms with E-state index in [0.29, 0.717) is 33.7 Å². The molecule has 12 heteroatoms. The van der Waals surface area contributed by atoms with E-state index in [9.17, 15) is 4.79 Å². The summed E-state index contributed by atoms with van der Waals surface area (Å²) in [5, 5.41) is 20.8. The molecule has 3 aromatic heterocycles. The lowest BCUT2D eigenvalue weighted by atomic mass is 10.2. The quantitative estimate of drug-likeness (QED) is 0.246. The maximum Gasteiger partial charge on any atom is 0.332 e. The number of amidine groups is 1. The first-order valence-electron chi connectivity index (χ1n) is 10.5. The van der Waals surface area contributed by atoms with Gasteiger partial charge < -0.3 is 11.1 Å². The van der Waals surface area contributed by atoms with Crippen molar-refractivity contribution < 1.29 is 0 Å². The van der Waals surface area contributed by atoms with Gasteiger partial charge in [-0.3, -0.25) is 24.9 Å². The van der Waals surface area contributed by atoms with Gasteiger partial charge in [-0.25, -0.2) is 19.2 Å². The second kappa shape index (κ2) is 9.77. The van der Waals surface area contributed by atoms with Gasteiger partial charge in [0, 0.05) is 30.9 Å². The summed E-state index contributed by atoms with van der Waals surface area (Å²) < 4.78 is 4.11. The Kier molecular flexibility index (Phi) is 6.60. The first-order valence-corrected chi connectivity index (χ1v) is 10.9. The maximum atomic E-state index is 13.1. The van der Waals surface area contributed by atoms with Gasteiger partial charge in [-0.15, -0.1) is 0 Å². The van der Waals surface area contributed by atoms with E-state index >= 15 is 0 Å². The van der Waals surface area contributed by atoms with Crippen molar-refractivity contribution in [3.63, 3.8) is 0 Å². The summed E-state index contributed by atoms with van der Waals surface area (Å²) in [6.07, 6.45) is 4.50. The lowest BCUT2D eigenvalue weighted by Crippen LogP contribution is -2.46. The van der Waals surface area contributed by atoms with Crippen LogP contribution in [0.5, 0.6) is 0 Å². The molecule has 0 spiro atoms. The van der Waals surface area contributed by atoms with Gasteiger partial charge in [-0.2, -0.15) is 0 Å². The first-order chi connectivity index (χ1) is 16.8. The summed E-state index contributed by atoms with van der Waals surface area (Å²) in [4.78, 5) is 25.9. The zero-order valence-corrected chi connectivity index (χ0v) is 19.8. The molecule has 0 atom stereocenters. The molecule has 0 fully saturated rings. The molecule has 0 aliphatic heterocycles. The van der Waals surface area contributed by atoms with Crippen molar-refractivity contribution in [1.29, 1.82) is 10.8 Å². The zero-order chi connectivity index (χ0) is 25.1. The number of pyridine rings is 1. The number of halogens is 1. The smallest absolute Gasteiger partial charge is 0.332 e. The van der Waals surface area contributed by atoms with Crippen molar-refractivity contribution in [3.05, 3.63) is 93.1 Å². The summed E-state index contributed by atoms with van der Waals surface area (Å²) in [5.41, 5.74) is 7.27. The van der Waals surface area contributed by atoms with Crippen LogP contribution in [-0.4, -0.2) is 36.4 Å². The second-order valence-corrected chi connectivity index (χ2v) is 8.00. The van der Waals surface area contributed by atoms with Crippen LogP contribution in [0.25, 0.3) is 16.9 Å². The molecule has 5 N–H and O–H groups in total. The van der Waals surface area contributed by atoms with E-state index in [4.69, 9.17) is 28.2 Å². The fourth-order valence-corrected chi connectivity index (χ4v) is 3.69. The van der Waals surface area contributed by atoms with Crippen LogP contribution in [0.3, 0.4) is 0 Å². The molecule has 0 aliphatic carbocycles. The van der Waals surface area contributed by atoms with Crippen LogP contribution in [0, 0.1) is 10.8 Å². The van der Waals surface area contributed by atoms with Gasteiger partial charge in [0.2, 0.25) is 11.6 Å². The van der Waals surface area contributed by atoms with Crippen LogP contribution >= 0.6 is 11.6 Å². The summed E-state index contributed by atoms with van der Waals surface area (Å²) >= 11 is 5.96. The molecule has 0 radical (unpaired) electrons. The Balaban J connectivity index is 1.81. The number of hydrogen-bond donors (Lipinski definition) is 4. The molecule has 1 aromatic carbocycles. The number of anilines is 1. The Bertz CT molecular complexity index is 1640. The monoisotopic (exact) mass is 490 g/mol. The van der Waals surface area contributed by atoms with Crippen molar-refractivity contribution in [1.82, 2.24) is 23.5 Å². The van der Waals surface area contributed by atoms with Crippen molar-refractivity contribution in [3.8, 4) is 11.3 Å². The number of nitrogens with one attached hydrogen (secondary N) is 3. The van der Waals surface area contributed by atoms with E-state index < -0.39 is 0 Å². The Labute approximate surface area is 204 Å². The number of benzene rings is 1. The molecule has 178 valence electrons. The number of aromatic nitrogens is 5. The minimum atomic E-state index is -0.385. The van der Waals surface area contributed by atoms with Gasteiger partial charge in [-0.1, -0.05) is 23.7 Å². The van der Waals surface area contributed by atoms with Crippen molar-refractivity contribution in [2.75, 3.05) is 12.4 Å². The van der Waals surface area contributed by atoms with Crippen molar-refractivity contribution >= 4 is 29.0 Å². The molecule has 0 aliphatic rings. The SMILES string of the molecule is CN=C(C=CN)Nc1nccc(-c2cc(=N)n3c(=N)n(Cc4ccc(Cl)cc4)c(=O)n(C)c3c2)n1. The lowest BCUT2D eigenvalue weighted by Gasteiger charge is -2.15. The fraction of sp³-hybridized carbons (Fsp3) is 0.130. The molecule has 35 heavy (non-hydrogen) atoms. The summed E-state index contributed by atoms with van der Waals surface area (Å²) in [5.74, 6) is 0.774. The molecule has 0 amide bonds. The van der Waals surface area contributed by atoms with Crippen LogP contribution in [0.2, 0.25) is 5.02 Å². The van der Waals surface area contributed by atoms with Gasteiger partial charge in [-0.05, 0) is 48.2 Å². The number of aliphatic imine (C=N–C) groups is 1. The van der Waals surface area contributed by atoms with Crippen LogP contribution in [0.1, 0.15) is 5.56 Å². The van der Waals surface area contributed by atoms with E-state index in [1.165, 1.54) is 19.7 Å². The Morgan fingerprint density at radius 1 is 1.23 bits per heavy atom. The number of fused-ring (bicyclic) bond motifs is 1. The van der Waals surface area contributed by atoms with E-state index in [1.54, 1.807) is 68.8 Å². The predicted molar refractivity (Wildman–Crippen MR) is 134 cm³/mol. The highest BCUT2D eigenvalue weighted by atomic mass is 35.5. The number of aryl methyl sites for hydroxylation is 1. The Morgan fingerprint density at radius 2 is 1.97 bits per heavy atom. The van der Waals surface area contributed by atoms with Crippen LogP contribution < -0.4 is 27.8 Å². The average molecular weight is 491 g/mol. The van der Waals surface area contributed by atoms with Gasteiger partial charge in [0.05, 0.1) is 12.2 Å². The van der Waals surface area contributed by atoms with Gasteiger partial charge in [0.15, 0.2) is 0 Å². The molecule has 4 rings (SSSR count). The summed E-state index contributed by atoms with van der Waals surface area (Å²) in [7, 11) is 3.21. The number of rotatable bonds is 5. The minimum absolute atomic E-state index is 0.0259. The number of nitrogens with zero attached hydrogens (tertiary/aromatic N) is 6. The highest BCUT2D eigenvalue weighted by Gasteiger charge is 2.13. The van der Waals surface area contributed by atoms with Gasteiger partial charge >= 0.3 is 5.69 Å². The number of hydrogen-bond acceptors (Lipinski definition) is 7. The molecular weight excluding hydrogens is 468 g/mol. The minimum Gasteiger partial charge on any atom is -0.404 e. The molecule has 3 heterocycles. The molecule has 0 saturated heterocycles. The third-order valence-corrected chi connectivity index (χ3v) is 5.57. The molecule has 0 bridgehead atoms. The fourth-order valence-electron chi connectivity index (χ4n) is 3.56. The third kappa shape index (κ3) is 4.75. The van der Waals surface area contributed by atoms with E-state index in [0.717, 1.165) is 5.56 Å². The van der Waals surface area contributed by atoms with Crippen molar-refractivity contribution in [2.45, 2.75) is 6.54 Å². The topological polar surface area (TPSA) is 155 Å². The van der Waals surface area contributed by atoms with Crippen molar-refractivity contribution in [2.24, 2.45) is 17.8 Å².